The molecule has 0 atom stereocenters. The summed E-state index contributed by atoms with van der Waals surface area (Å²) in [6, 6.07) is 3.41. The molecule has 0 amide bonds. The van der Waals surface area contributed by atoms with E-state index in [1.807, 2.05) is 0 Å². The van der Waals surface area contributed by atoms with Gasteiger partial charge in [0.15, 0.2) is 0 Å². The van der Waals surface area contributed by atoms with Gasteiger partial charge in [0.05, 0.1) is 11.4 Å². The molecule has 0 saturated carbocycles. The van der Waals surface area contributed by atoms with Crippen molar-refractivity contribution in [1.29, 1.82) is 0 Å². The van der Waals surface area contributed by atoms with Crippen LogP contribution in [0.5, 0.6) is 0 Å². The Morgan fingerprint density at radius 2 is 2.40 bits per heavy atom. The summed E-state index contributed by atoms with van der Waals surface area (Å²) in [6.45, 7) is 0. The lowest BCUT2D eigenvalue weighted by molar-refractivity contribution is 0.412. The average molecular weight is 175 g/mol. The van der Waals surface area contributed by atoms with Gasteiger partial charge in [-0.05, 0) is 12.1 Å². The highest BCUT2D eigenvalue weighted by Gasteiger charge is 1.96. The second-order valence-electron chi connectivity index (χ2n) is 1.61. The third kappa shape index (κ3) is 1.49. The predicted molar refractivity (Wildman–Crippen MR) is 43.8 cm³/mol. The van der Waals surface area contributed by atoms with Gasteiger partial charge in [-0.2, -0.15) is 0 Å². The van der Waals surface area contributed by atoms with Crippen LogP contribution in [0.2, 0.25) is 4.34 Å². The first-order valence-corrected chi connectivity index (χ1v) is 3.79. The van der Waals surface area contributed by atoms with Crippen molar-refractivity contribution in [2.75, 3.05) is 7.11 Å². The van der Waals surface area contributed by atoms with Crippen LogP contribution in [0.1, 0.15) is 4.88 Å². The second-order valence-corrected chi connectivity index (χ2v) is 3.33. The highest BCUT2D eigenvalue weighted by atomic mass is 35.5. The lowest BCUT2D eigenvalue weighted by atomic mass is 10.5. The average Bonchev–Trinajstić information content (AvgIpc) is 2.34. The number of thiophene rings is 1. The molecule has 0 aromatic carbocycles. The highest BCUT2D eigenvalue weighted by molar-refractivity contribution is 7.18. The Morgan fingerprint density at radius 1 is 1.70 bits per heavy atom. The normalized spacial score (nSPS) is 9.40. The zero-order valence-electron chi connectivity index (χ0n) is 5.30. The fourth-order valence-electron chi connectivity index (χ4n) is 0.530. The minimum Gasteiger partial charge on any atom is -0.770 e. The molecule has 54 valence electrons. The number of nitrogens with zero attached hydrogens (tertiary/aromatic N) is 1. The molecule has 0 fully saturated rings. The van der Waals surface area contributed by atoms with Crippen LogP contribution in [-0.2, 0) is 4.74 Å². The number of halogens is 1. The maximum atomic E-state index is 8.99. The molecule has 1 rings (SSSR count). The zero-order valence-corrected chi connectivity index (χ0v) is 6.87. The smallest absolute Gasteiger partial charge is 0.0935 e. The minimum atomic E-state index is -0.0862. The van der Waals surface area contributed by atoms with Crippen molar-refractivity contribution in [3.8, 4) is 0 Å². The fourth-order valence-corrected chi connectivity index (χ4v) is 1.50. The monoisotopic (exact) mass is 174 g/mol. The summed E-state index contributed by atoms with van der Waals surface area (Å²) in [5.41, 5.74) is 0. The molecule has 0 N–H and O–H groups in total. The SMILES string of the molecule is COC(=[N-])c1ccc(Cl)s1. The summed E-state index contributed by atoms with van der Waals surface area (Å²) in [6.07, 6.45) is 0. The van der Waals surface area contributed by atoms with E-state index < -0.39 is 0 Å². The molecule has 0 saturated heterocycles. The van der Waals surface area contributed by atoms with E-state index in [2.05, 4.69) is 4.74 Å². The fraction of sp³-hybridized carbons (Fsp3) is 0.167. The quantitative estimate of drug-likeness (QED) is 0.475. The summed E-state index contributed by atoms with van der Waals surface area (Å²) in [4.78, 5) is 0.646. The van der Waals surface area contributed by atoms with Crippen molar-refractivity contribution < 1.29 is 4.74 Å². The van der Waals surface area contributed by atoms with Gasteiger partial charge in [-0.25, -0.2) is 0 Å². The first-order valence-electron chi connectivity index (χ1n) is 2.59. The van der Waals surface area contributed by atoms with Gasteiger partial charge in [0.1, 0.15) is 0 Å². The van der Waals surface area contributed by atoms with E-state index >= 15 is 0 Å². The number of methoxy groups -OCH3 is 1. The molecular formula is C6H5ClNOS-. The van der Waals surface area contributed by atoms with Crippen molar-refractivity contribution in [2.45, 2.75) is 0 Å². The van der Waals surface area contributed by atoms with Gasteiger partial charge in [0.25, 0.3) is 0 Å². The van der Waals surface area contributed by atoms with Gasteiger partial charge >= 0.3 is 0 Å². The Hall–Kier alpha value is -0.540. The molecule has 2 nitrogen and oxygen atoms in total. The molecule has 0 unspecified atom stereocenters. The third-order valence-corrected chi connectivity index (χ3v) is 2.20. The standard InChI is InChI=1S/C6H5ClNOS/c1-9-6(8)4-2-3-5(7)10-4/h2-3H,1H3/q-1. The number of ether oxygens (including phenoxy) is 1. The van der Waals surface area contributed by atoms with Gasteiger partial charge in [-0.15, -0.1) is 11.3 Å². The Morgan fingerprint density at radius 3 is 2.80 bits per heavy atom. The molecule has 1 aromatic heterocycles. The molecule has 1 heterocycles. The topological polar surface area (TPSA) is 31.5 Å². The highest BCUT2D eigenvalue weighted by Crippen LogP contribution is 2.21. The van der Waals surface area contributed by atoms with Crippen LogP contribution in [0.15, 0.2) is 12.1 Å². The predicted octanol–water partition coefficient (Wildman–Crippen LogP) is 2.36. The molecule has 0 bridgehead atoms. The van der Waals surface area contributed by atoms with E-state index in [9.17, 15) is 0 Å². The molecule has 1 aromatic rings. The Labute approximate surface area is 67.9 Å². The zero-order chi connectivity index (χ0) is 7.56. The van der Waals surface area contributed by atoms with E-state index in [0.717, 1.165) is 0 Å². The lowest BCUT2D eigenvalue weighted by Gasteiger charge is -2.06. The van der Waals surface area contributed by atoms with Gasteiger partial charge in [0, 0.05) is 10.8 Å². The van der Waals surface area contributed by atoms with Crippen LogP contribution in [0, 0.1) is 0 Å². The van der Waals surface area contributed by atoms with E-state index in [0.29, 0.717) is 9.21 Å². The Kier molecular flexibility index (Phi) is 2.29. The van der Waals surface area contributed by atoms with Crippen LogP contribution in [0.3, 0.4) is 0 Å². The van der Waals surface area contributed by atoms with Gasteiger partial charge in [0.2, 0.25) is 0 Å². The van der Waals surface area contributed by atoms with E-state index in [1.54, 1.807) is 12.1 Å². The summed E-state index contributed by atoms with van der Waals surface area (Å²) >= 11 is 6.87. The van der Waals surface area contributed by atoms with Crippen LogP contribution in [-0.4, -0.2) is 13.0 Å². The van der Waals surface area contributed by atoms with Crippen LogP contribution in [0.25, 0.3) is 5.41 Å². The minimum absolute atomic E-state index is 0.0862. The van der Waals surface area contributed by atoms with Gasteiger partial charge in [-0.1, -0.05) is 11.6 Å². The van der Waals surface area contributed by atoms with Gasteiger partial charge in [-0.3, -0.25) is 0 Å². The third-order valence-electron chi connectivity index (χ3n) is 0.977. The molecule has 0 aliphatic carbocycles. The van der Waals surface area contributed by atoms with Crippen molar-refractivity contribution in [2.24, 2.45) is 0 Å². The molecular weight excluding hydrogens is 170 g/mol. The van der Waals surface area contributed by atoms with Crippen molar-refractivity contribution >= 4 is 28.8 Å². The van der Waals surface area contributed by atoms with Crippen molar-refractivity contribution in [3.05, 3.63) is 26.8 Å². The summed E-state index contributed by atoms with van der Waals surface area (Å²) in [5.74, 6) is -0.0862. The van der Waals surface area contributed by atoms with Crippen LogP contribution < -0.4 is 0 Å². The molecule has 0 aliphatic rings. The molecule has 0 spiro atoms. The van der Waals surface area contributed by atoms with E-state index in [1.165, 1.54) is 18.4 Å². The maximum absolute atomic E-state index is 8.99. The van der Waals surface area contributed by atoms with Gasteiger partial charge < -0.3 is 10.1 Å². The Bertz CT molecular complexity index is 246. The van der Waals surface area contributed by atoms with Crippen molar-refractivity contribution in [3.63, 3.8) is 0 Å². The lowest BCUT2D eigenvalue weighted by Crippen LogP contribution is -1.95. The Balaban J connectivity index is 2.85. The second kappa shape index (κ2) is 3.03. The van der Waals surface area contributed by atoms with Crippen LogP contribution >= 0.6 is 22.9 Å². The summed E-state index contributed by atoms with van der Waals surface area (Å²) in [5, 5.41) is 8.99. The largest absolute Gasteiger partial charge is 0.770 e. The number of hydrogen-bond donors (Lipinski definition) is 0. The van der Waals surface area contributed by atoms with Crippen molar-refractivity contribution in [1.82, 2.24) is 0 Å². The van der Waals surface area contributed by atoms with E-state index in [4.69, 9.17) is 17.0 Å². The molecule has 10 heavy (non-hydrogen) atoms. The number of hydrogen-bond acceptors (Lipinski definition) is 2. The van der Waals surface area contributed by atoms with E-state index in [-0.39, 0.29) is 5.90 Å². The first-order chi connectivity index (χ1) is 4.74. The summed E-state index contributed by atoms with van der Waals surface area (Å²) in [7, 11) is 1.41. The maximum Gasteiger partial charge on any atom is 0.0935 e. The van der Waals surface area contributed by atoms with Crippen LogP contribution in [0.4, 0.5) is 0 Å². The summed E-state index contributed by atoms with van der Waals surface area (Å²) < 4.78 is 5.21. The molecule has 4 heteroatoms. The number of rotatable bonds is 1. The molecule has 0 radical (unpaired) electrons. The first kappa shape index (κ1) is 7.57. The molecule has 0 aliphatic heterocycles.